The Morgan fingerprint density at radius 3 is 2.25 bits per heavy atom. The van der Waals surface area contributed by atoms with Gasteiger partial charge in [0, 0.05) is 0 Å². The first-order chi connectivity index (χ1) is 5.57. The normalized spacial score (nSPS) is 49.2. The molecule has 1 heterocycles. The molecule has 6 heteroatoms. The molecule has 0 aromatic heterocycles. The lowest BCUT2D eigenvalue weighted by atomic mass is 10.0. The SMILES string of the molecule is OC[C@H]1OC(O)C(O)[C@@H](F)C1O. The number of ether oxygens (including phenoxy) is 1. The van der Waals surface area contributed by atoms with Crippen LogP contribution in [-0.2, 0) is 4.74 Å². The summed E-state index contributed by atoms with van der Waals surface area (Å²) < 4.78 is 17.3. The molecule has 1 rings (SSSR count). The second-order valence-electron chi connectivity index (χ2n) is 2.67. The standard InChI is InChI=1S/C6H11FO5/c7-3-4(9)2(1-8)12-6(11)5(3)10/h2-6,8-11H,1H2/t2-,3+,4?,5?,6?/m1/s1. The zero-order chi connectivity index (χ0) is 9.30. The summed E-state index contributed by atoms with van der Waals surface area (Å²) >= 11 is 0. The van der Waals surface area contributed by atoms with Crippen molar-refractivity contribution < 1.29 is 29.6 Å². The zero-order valence-electron chi connectivity index (χ0n) is 6.17. The first kappa shape index (κ1) is 9.82. The van der Waals surface area contributed by atoms with Gasteiger partial charge < -0.3 is 25.2 Å². The summed E-state index contributed by atoms with van der Waals surface area (Å²) in [5.74, 6) is 0. The van der Waals surface area contributed by atoms with Crippen molar-refractivity contribution in [2.75, 3.05) is 6.61 Å². The van der Waals surface area contributed by atoms with Crippen LogP contribution in [0.15, 0.2) is 0 Å². The Morgan fingerprint density at radius 1 is 1.17 bits per heavy atom. The molecular formula is C6H11FO5. The summed E-state index contributed by atoms with van der Waals surface area (Å²) in [5, 5.41) is 35.2. The highest BCUT2D eigenvalue weighted by Gasteiger charge is 2.43. The van der Waals surface area contributed by atoms with Gasteiger partial charge in [-0.1, -0.05) is 0 Å². The number of alkyl halides is 1. The molecule has 72 valence electrons. The Morgan fingerprint density at radius 2 is 1.75 bits per heavy atom. The second kappa shape index (κ2) is 3.63. The fourth-order valence-electron chi connectivity index (χ4n) is 1.06. The van der Waals surface area contributed by atoms with E-state index in [1.807, 2.05) is 0 Å². The molecule has 1 aliphatic heterocycles. The van der Waals surface area contributed by atoms with E-state index in [1.54, 1.807) is 0 Å². The van der Waals surface area contributed by atoms with Crippen molar-refractivity contribution in [1.29, 1.82) is 0 Å². The lowest BCUT2D eigenvalue weighted by Gasteiger charge is -2.36. The minimum absolute atomic E-state index is 0.606. The van der Waals surface area contributed by atoms with Crippen LogP contribution in [0.3, 0.4) is 0 Å². The molecule has 0 radical (unpaired) electrons. The summed E-state index contributed by atoms with van der Waals surface area (Å²) in [6.45, 7) is -0.606. The summed E-state index contributed by atoms with van der Waals surface area (Å²) in [7, 11) is 0. The number of aliphatic hydroxyl groups is 4. The van der Waals surface area contributed by atoms with Gasteiger partial charge in [0.25, 0.3) is 0 Å². The fraction of sp³-hybridized carbons (Fsp3) is 1.00. The highest BCUT2D eigenvalue weighted by molar-refractivity contribution is 4.88. The molecule has 3 unspecified atom stereocenters. The van der Waals surface area contributed by atoms with Crippen LogP contribution in [0.25, 0.3) is 0 Å². The third-order valence-corrected chi connectivity index (χ3v) is 1.82. The summed E-state index contributed by atoms with van der Waals surface area (Å²) in [4.78, 5) is 0. The van der Waals surface area contributed by atoms with Crippen LogP contribution < -0.4 is 0 Å². The van der Waals surface area contributed by atoms with Crippen molar-refractivity contribution in [1.82, 2.24) is 0 Å². The van der Waals surface area contributed by atoms with E-state index in [1.165, 1.54) is 0 Å². The van der Waals surface area contributed by atoms with Crippen molar-refractivity contribution in [2.45, 2.75) is 30.8 Å². The Bertz CT molecular complexity index is 150. The quantitative estimate of drug-likeness (QED) is 0.368. The lowest BCUT2D eigenvalue weighted by Crippen LogP contribution is -2.56. The van der Waals surface area contributed by atoms with Gasteiger partial charge in [-0.15, -0.1) is 0 Å². The van der Waals surface area contributed by atoms with Crippen molar-refractivity contribution in [3.05, 3.63) is 0 Å². The van der Waals surface area contributed by atoms with Crippen molar-refractivity contribution in [3.63, 3.8) is 0 Å². The van der Waals surface area contributed by atoms with E-state index in [9.17, 15) is 4.39 Å². The van der Waals surface area contributed by atoms with Gasteiger partial charge in [0.1, 0.15) is 18.3 Å². The topological polar surface area (TPSA) is 90.2 Å². The van der Waals surface area contributed by atoms with Gasteiger partial charge in [0.2, 0.25) is 0 Å². The molecule has 0 aliphatic carbocycles. The van der Waals surface area contributed by atoms with Crippen molar-refractivity contribution in [2.24, 2.45) is 0 Å². The molecule has 0 bridgehead atoms. The predicted molar refractivity (Wildman–Crippen MR) is 34.9 cm³/mol. The van der Waals surface area contributed by atoms with Crippen LogP contribution in [0.1, 0.15) is 0 Å². The molecule has 1 saturated heterocycles. The maximum Gasteiger partial charge on any atom is 0.184 e. The van der Waals surface area contributed by atoms with Crippen molar-refractivity contribution >= 4 is 0 Å². The van der Waals surface area contributed by atoms with Gasteiger partial charge >= 0.3 is 0 Å². The minimum atomic E-state index is -1.99. The van der Waals surface area contributed by atoms with Crippen molar-refractivity contribution in [3.8, 4) is 0 Å². The molecule has 0 aromatic carbocycles. The number of hydrogen-bond acceptors (Lipinski definition) is 5. The zero-order valence-corrected chi connectivity index (χ0v) is 6.17. The number of aliphatic hydroxyl groups excluding tert-OH is 4. The maximum absolute atomic E-state index is 12.8. The van der Waals surface area contributed by atoms with E-state index in [2.05, 4.69) is 4.74 Å². The molecule has 5 nitrogen and oxygen atoms in total. The summed E-state index contributed by atoms with van der Waals surface area (Å²) in [5.41, 5.74) is 0. The van der Waals surface area contributed by atoms with Gasteiger partial charge in [-0.3, -0.25) is 0 Å². The Balaban J connectivity index is 2.63. The van der Waals surface area contributed by atoms with Crippen LogP contribution in [0.2, 0.25) is 0 Å². The molecule has 1 aliphatic rings. The van der Waals surface area contributed by atoms with E-state index >= 15 is 0 Å². The van der Waals surface area contributed by atoms with Gasteiger partial charge in [0.15, 0.2) is 12.5 Å². The number of rotatable bonds is 1. The highest BCUT2D eigenvalue weighted by Crippen LogP contribution is 2.21. The van der Waals surface area contributed by atoms with Crippen LogP contribution in [0.4, 0.5) is 4.39 Å². The first-order valence-corrected chi connectivity index (χ1v) is 3.52. The van der Waals surface area contributed by atoms with E-state index in [0.29, 0.717) is 0 Å². The molecule has 0 aromatic rings. The van der Waals surface area contributed by atoms with Gasteiger partial charge in [-0.05, 0) is 0 Å². The van der Waals surface area contributed by atoms with Gasteiger partial charge in [-0.25, -0.2) is 4.39 Å². The van der Waals surface area contributed by atoms with E-state index < -0.39 is 37.4 Å². The van der Waals surface area contributed by atoms with E-state index in [0.717, 1.165) is 0 Å². The fourth-order valence-corrected chi connectivity index (χ4v) is 1.06. The third-order valence-electron chi connectivity index (χ3n) is 1.82. The second-order valence-corrected chi connectivity index (χ2v) is 2.67. The molecule has 0 spiro atoms. The van der Waals surface area contributed by atoms with Crippen LogP contribution in [-0.4, -0.2) is 57.8 Å². The van der Waals surface area contributed by atoms with Crippen LogP contribution in [0.5, 0.6) is 0 Å². The predicted octanol–water partition coefficient (Wildman–Crippen LogP) is -2.24. The van der Waals surface area contributed by atoms with E-state index in [-0.39, 0.29) is 0 Å². The summed E-state index contributed by atoms with van der Waals surface area (Å²) in [6, 6.07) is 0. The molecule has 0 saturated carbocycles. The Kier molecular flexibility index (Phi) is 2.97. The molecule has 12 heavy (non-hydrogen) atoms. The Hall–Kier alpha value is -0.270. The smallest absolute Gasteiger partial charge is 0.184 e. The average molecular weight is 182 g/mol. The first-order valence-electron chi connectivity index (χ1n) is 3.52. The molecule has 4 N–H and O–H groups in total. The molecular weight excluding hydrogens is 171 g/mol. The van der Waals surface area contributed by atoms with E-state index in [4.69, 9.17) is 20.4 Å². The van der Waals surface area contributed by atoms with Crippen LogP contribution in [0, 0.1) is 0 Å². The third kappa shape index (κ3) is 1.57. The minimum Gasteiger partial charge on any atom is -0.394 e. The molecule has 0 amide bonds. The maximum atomic E-state index is 12.8. The highest BCUT2D eigenvalue weighted by atomic mass is 19.1. The number of hydrogen-bond donors (Lipinski definition) is 4. The largest absolute Gasteiger partial charge is 0.394 e. The monoisotopic (exact) mass is 182 g/mol. The summed E-state index contributed by atoms with van der Waals surface area (Å²) in [6.07, 6.45) is -8.24. The van der Waals surface area contributed by atoms with Gasteiger partial charge in [0.05, 0.1) is 6.61 Å². The number of halogens is 1. The molecule has 1 fully saturated rings. The lowest BCUT2D eigenvalue weighted by molar-refractivity contribution is -0.274. The van der Waals surface area contributed by atoms with Crippen LogP contribution >= 0.6 is 0 Å². The molecule has 5 atom stereocenters. The Labute approximate surface area is 68.0 Å². The average Bonchev–Trinajstić information content (AvgIpc) is 2.08. The van der Waals surface area contributed by atoms with Gasteiger partial charge in [-0.2, -0.15) is 0 Å².